The Labute approximate surface area is 170 Å². The molecule has 2 fully saturated rings. The lowest BCUT2D eigenvalue weighted by Gasteiger charge is -2.35. The van der Waals surface area contributed by atoms with Crippen LogP contribution < -0.4 is 5.32 Å². The summed E-state index contributed by atoms with van der Waals surface area (Å²) < 4.78 is 1.87. The van der Waals surface area contributed by atoms with Crippen LogP contribution in [-0.2, 0) is 4.79 Å². The molecule has 154 valence electrons. The van der Waals surface area contributed by atoms with E-state index in [0.29, 0.717) is 37.4 Å². The molecule has 4 rings (SSSR count). The largest absolute Gasteiger partial charge is 0.391 e. The fourth-order valence-electron chi connectivity index (χ4n) is 4.83. The van der Waals surface area contributed by atoms with Crippen molar-refractivity contribution in [1.29, 1.82) is 0 Å². The summed E-state index contributed by atoms with van der Waals surface area (Å²) in [7, 11) is 0. The van der Waals surface area contributed by atoms with Crippen LogP contribution in [0.1, 0.15) is 41.5 Å². The normalized spacial score (nSPS) is 26.3. The van der Waals surface area contributed by atoms with Gasteiger partial charge in [-0.2, -0.15) is 5.10 Å². The molecule has 0 radical (unpaired) electrons. The van der Waals surface area contributed by atoms with Crippen molar-refractivity contribution >= 4 is 11.8 Å². The van der Waals surface area contributed by atoms with Gasteiger partial charge in [-0.3, -0.25) is 9.59 Å². The summed E-state index contributed by atoms with van der Waals surface area (Å²) in [4.78, 5) is 26.3. The predicted molar refractivity (Wildman–Crippen MR) is 109 cm³/mol. The van der Waals surface area contributed by atoms with Gasteiger partial charge in [-0.25, -0.2) is 4.68 Å². The van der Waals surface area contributed by atoms with E-state index < -0.39 is 6.10 Å². The number of rotatable bonds is 3. The molecule has 29 heavy (non-hydrogen) atoms. The molecule has 1 saturated heterocycles. The third-order valence-electron chi connectivity index (χ3n) is 6.19. The number of nitrogens with zero attached hydrogens (tertiary/aromatic N) is 3. The molecule has 2 heterocycles. The van der Waals surface area contributed by atoms with Crippen molar-refractivity contribution in [2.24, 2.45) is 11.8 Å². The van der Waals surface area contributed by atoms with Crippen molar-refractivity contribution in [1.82, 2.24) is 20.0 Å². The summed E-state index contributed by atoms with van der Waals surface area (Å²) in [5.74, 6) is 0.493. The summed E-state index contributed by atoms with van der Waals surface area (Å²) >= 11 is 0. The summed E-state index contributed by atoms with van der Waals surface area (Å²) in [6.45, 7) is 6.77. The smallest absolute Gasteiger partial charge is 0.253 e. The minimum absolute atomic E-state index is 0.0184. The highest BCUT2D eigenvalue weighted by Crippen LogP contribution is 2.37. The number of aryl methyl sites for hydroxylation is 2. The molecule has 1 saturated carbocycles. The number of carbonyl (C=O) groups is 2. The Hall–Kier alpha value is -2.67. The number of aromatic nitrogens is 2. The summed E-state index contributed by atoms with van der Waals surface area (Å²) in [5.41, 5.74) is 3.61. The van der Waals surface area contributed by atoms with Crippen LogP contribution >= 0.6 is 0 Å². The van der Waals surface area contributed by atoms with Gasteiger partial charge in [0.2, 0.25) is 5.91 Å². The number of nitrogens with one attached hydrogen (secondary N) is 1. The molecule has 7 heteroatoms. The van der Waals surface area contributed by atoms with Crippen LogP contribution in [0, 0.1) is 25.7 Å². The fraction of sp³-hybridized carbons (Fsp3) is 0.500. The minimum Gasteiger partial charge on any atom is -0.391 e. The van der Waals surface area contributed by atoms with Crippen LogP contribution in [0.15, 0.2) is 30.3 Å². The maximum atomic E-state index is 13.0. The third kappa shape index (κ3) is 3.92. The molecule has 4 atom stereocenters. The Bertz CT molecular complexity index is 921. The van der Waals surface area contributed by atoms with Crippen molar-refractivity contribution in [3.05, 3.63) is 47.3 Å². The van der Waals surface area contributed by atoms with E-state index in [0.717, 1.165) is 17.1 Å². The number of aliphatic hydroxyl groups is 1. The van der Waals surface area contributed by atoms with Crippen LogP contribution in [0.5, 0.6) is 0 Å². The quantitative estimate of drug-likeness (QED) is 0.829. The van der Waals surface area contributed by atoms with Gasteiger partial charge in [-0.1, -0.05) is 0 Å². The summed E-state index contributed by atoms with van der Waals surface area (Å²) in [6, 6.07) is 9.35. The highest BCUT2D eigenvalue weighted by Gasteiger charge is 2.43. The zero-order valence-corrected chi connectivity index (χ0v) is 17.1. The molecular formula is C22H28N4O3. The van der Waals surface area contributed by atoms with Gasteiger partial charge < -0.3 is 15.3 Å². The minimum atomic E-state index is -0.546. The first-order valence-electron chi connectivity index (χ1n) is 10.2. The van der Waals surface area contributed by atoms with Gasteiger partial charge in [0.1, 0.15) is 0 Å². The van der Waals surface area contributed by atoms with E-state index in [1.54, 1.807) is 0 Å². The lowest BCUT2D eigenvalue weighted by molar-refractivity contribution is -0.121. The number of benzene rings is 1. The number of likely N-dealkylation sites (tertiary alicyclic amines) is 1. The molecule has 7 nitrogen and oxygen atoms in total. The molecule has 2 N–H and O–H groups in total. The Morgan fingerprint density at radius 3 is 2.34 bits per heavy atom. The number of fused-ring (bicyclic) bond motifs is 1. The highest BCUT2D eigenvalue weighted by atomic mass is 16.3. The van der Waals surface area contributed by atoms with E-state index >= 15 is 0 Å². The molecule has 2 amide bonds. The van der Waals surface area contributed by atoms with E-state index in [-0.39, 0.29) is 23.8 Å². The second-order valence-electron chi connectivity index (χ2n) is 8.46. The Morgan fingerprint density at radius 1 is 1.10 bits per heavy atom. The maximum absolute atomic E-state index is 13.0. The monoisotopic (exact) mass is 396 g/mol. The van der Waals surface area contributed by atoms with Gasteiger partial charge in [0, 0.05) is 31.3 Å². The van der Waals surface area contributed by atoms with Crippen LogP contribution in [0.2, 0.25) is 0 Å². The molecule has 0 bridgehead atoms. The molecule has 0 unspecified atom stereocenters. The zero-order valence-electron chi connectivity index (χ0n) is 17.1. The van der Waals surface area contributed by atoms with Crippen LogP contribution in [0.25, 0.3) is 5.69 Å². The standard InChI is InChI=1S/C22H28N4O3/c1-13-8-14(2)26(24-13)19-6-4-16(5-7-19)22(29)25-11-17-9-20(23-15(3)27)21(28)10-18(17)12-25/h4-8,17-18,20-21,28H,9-12H2,1-3H3,(H,23,27)/t17-,18+,20-,21-/m1/s1. The Balaban J connectivity index is 1.44. The molecular weight excluding hydrogens is 368 g/mol. The van der Waals surface area contributed by atoms with Gasteiger partial charge in [-0.05, 0) is 68.9 Å². The second kappa shape index (κ2) is 7.63. The summed E-state index contributed by atoms with van der Waals surface area (Å²) in [5, 5.41) is 17.7. The molecule has 0 spiro atoms. The molecule has 1 aliphatic heterocycles. The van der Waals surface area contributed by atoms with Gasteiger partial charge in [0.05, 0.1) is 23.5 Å². The van der Waals surface area contributed by atoms with Crippen LogP contribution in [-0.4, -0.2) is 56.8 Å². The van der Waals surface area contributed by atoms with Crippen molar-refractivity contribution in [3.63, 3.8) is 0 Å². The number of amides is 2. The molecule has 1 aromatic heterocycles. The average Bonchev–Trinajstić information content (AvgIpc) is 3.23. The average molecular weight is 396 g/mol. The molecule has 2 aromatic rings. The SMILES string of the molecule is CC(=O)N[C@@H]1C[C@@H]2CN(C(=O)c3ccc(-n4nc(C)cc4C)cc3)C[C@@H]2C[C@H]1O. The number of aliphatic hydroxyl groups excluding tert-OH is 1. The van der Waals surface area contributed by atoms with Crippen molar-refractivity contribution in [2.75, 3.05) is 13.1 Å². The summed E-state index contributed by atoms with van der Waals surface area (Å²) in [6.07, 6.45) is 0.790. The van der Waals surface area contributed by atoms with Gasteiger partial charge in [0.15, 0.2) is 0 Å². The van der Waals surface area contributed by atoms with Crippen LogP contribution in [0.4, 0.5) is 0 Å². The topological polar surface area (TPSA) is 87.5 Å². The van der Waals surface area contributed by atoms with Crippen molar-refractivity contribution in [2.45, 2.75) is 45.8 Å². The molecule has 1 aromatic carbocycles. The highest BCUT2D eigenvalue weighted by molar-refractivity contribution is 5.94. The molecule has 1 aliphatic carbocycles. The van der Waals surface area contributed by atoms with Gasteiger partial charge in [-0.15, -0.1) is 0 Å². The Kier molecular flexibility index (Phi) is 5.17. The van der Waals surface area contributed by atoms with Crippen molar-refractivity contribution in [3.8, 4) is 5.69 Å². The first-order chi connectivity index (χ1) is 13.8. The maximum Gasteiger partial charge on any atom is 0.253 e. The third-order valence-corrected chi connectivity index (χ3v) is 6.19. The van der Waals surface area contributed by atoms with Gasteiger partial charge >= 0.3 is 0 Å². The zero-order chi connectivity index (χ0) is 20.7. The van der Waals surface area contributed by atoms with Crippen molar-refractivity contribution < 1.29 is 14.7 Å². The number of carbonyl (C=O) groups excluding carboxylic acids is 2. The van der Waals surface area contributed by atoms with E-state index in [1.807, 2.05) is 53.8 Å². The first kappa shape index (κ1) is 19.6. The Morgan fingerprint density at radius 2 is 1.76 bits per heavy atom. The van der Waals surface area contributed by atoms with E-state index in [4.69, 9.17) is 0 Å². The van der Waals surface area contributed by atoms with E-state index in [9.17, 15) is 14.7 Å². The second-order valence-corrected chi connectivity index (χ2v) is 8.46. The molecule has 2 aliphatic rings. The van der Waals surface area contributed by atoms with Crippen LogP contribution in [0.3, 0.4) is 0 Å². The van der Waals surface area contributed by atoms with E-state index in [1.165, 1.54) is 6.92 Å². The first-order valence-corrected chi connectivity index (χ1v) is 10.2. The number of hydrogen-bond acceptors (Lipinski definition) is 4. The van der Waals surface area contributed by atoms with Gasteiger partial charge in [0.25, 0.3) is 5.91 Å². The number of hydrogen-bond donors (Lipinski definition) is 2. The van der Waals surface area contributed by atoms with E-state index in [2.05, 4.69) is 10.4 Å². The fourth-order valence-corrected chi connectivity index (χ4v) is 4.83. The lowest BCUT2D eigenvalue weighted by Crippen LogP contribution is -2.48. The lowest BCUT2D eigenvalue weighted by atomic mass is 9.77. The predicted octanol–water partition coefficient (Wildman–Crippen LogP) is 1.84.